The molecule has 0 bridgehead atoms. The maximum absolute atomic E-state index is 12.8. The summed E-state index contributed by atoms with van der Waals surface area (Å²) in [6.07, 6.45) is 0. The molecule has 0 spiro atoms. The summed E-state index contributed by atoms with van der Waals surface area (Å²) in [6.45, 7) is 0.504. The highest BCUT2D eigenvalue weighted by Crippen LogP contribution is 2.25. The van der Waals surface area contributed by atoms with Gasteiger partial charge < -0.3 is 16.0 Å². The predicted molar refractivity (Wildman–Crippen MR) is 77.4 cm³/mol. The minimum absolute atomic E-state index is 0.154. The number of anilines is 3. The zero-order valence-corrected chi connectivity index (χ0v) is 10.7. The average Bonchev–Trinajstić information content (AvgIpc) is 2.49. The van der Waals surface area contributed by atoms with E-state index < -0.39 is 0 Å². The molecule has 0 aliphatic carbocycles. The Kier molecular flexibility index (Phi) is 3.25. The summed E-state index contributed by atoms with van der Waals surface area (Å²) in [5.41, 5.74) is 2.47. The lowest BCUT2D eigenvalue weighted by Crippen LogP contribution is -2.42. The maximum atomic E-state index is 12.8. The molecule has 1 heterocycles. The van der Waals surface area contributed by atoms with Gasteiger partial charge in [0.1, 0.15) is 11.9 Å². The topological polar surface area (TPSA) is 53.2 Å². The van der Waals surface area contributed by atoms with Gasteiger partial charge in [-0.15, -0.1) is 0 Å². The van der Waals surface area contributed by atoms with E-state index in [4.69, 9.17) is 0 Å². The molecule has 1 aliphatic heterocycles. The van der Waals surface area contributed by atoms with Gasteiger partial charge in [0.05, 0.1) is 11.4 Å². The first-order valence-corrected chi connectivity index (χ1v) is 6.38. The third-order valence-corrected chi connectivity index (χ3v) is 3.18. The van der Waals surface area contributed by atoms with Crippen LogP contribution in [-0.2, 0) is 4.79 Å². The Morgan fingerprint density at radius 3 is 2.55 bits per heavy atom. The quantitative estimate of drug-likeness (QED) is 0.787. The van der Waals surface area contributed by atoms with Crippen molar-refractivity contribution in [2.24, 2.45) is 0 Å². The predicted octanol–water partition coefficient (Wildman–Crippen LogP) is 2.67. The SMILES string of the molecule is O=C(Nc1ccc(F)cc1)C1CNc2ccccc2N1. The molecule has 102 valence electrons. The van der Waals surface area contributed by atoms with Gasteiger partial charge in [0.25, 0.3) is 0 Å². The molecular formula is C15H14FN3O. The fourth-order valence-electron chi connectivity index (χ4n) is 2.13. The van der Waals surface area contributed by atoms with Gasteiger partial charge in [-0.3, -0.25) is 4.79 Å². The van der Waals surface area contributed by atoms with Gasteiger partial charge in [-0.05, 0) is 36.4 Å². The van der Waals surface area contributed by atoms with E-state index in [0.717, 1.165) is 11.4 Å². The molecule has 4 nitrogen and oxygen atoms in total. The van der Waals surface area contributed by atoms with Crippen molar-refractivity contribution in [3.8, 4) is 0 Å². The van der Waals surface area contributed by atoms with E-state index in [0.29, 0.717) is 12.2 Å². The molecule has 0 fully saturated rings. The zero-order valence-electron chi connectivity index (χ0n) is 10.7. The van der Waals surface area contributed by atoms with Crippen molar-refractivity contribution < 1.29 is 9.18 Å². The molecule has 0 saturated carbocycles. The van der Waals surface area contributed by atoms with Gasteiger partial charge >= 0.3 is 0 Å². The van der Waals surface area contributed by atoms with E-state index in [1.165, 1.54) is 24.3 Å². The van der Waals surface area contributed by atoms with Crippen molar-refractivity contribution in [3.05, 3.63) is 54.3 Å². The second-order valence-electron chi connectivity index (χ2n) is 4.62. The summed E-state index contributed by atoms with van der Waals surface area (Å²) in [5.74, 6) is -0.479. The van der Waals surface area contributed by atoms with Crippen LogP contribution in [-0.4, -0.2) is 18.5 Å². The van der Waals surface area contributed by atoms with Gasteiger partial charge in [0, 0.05) is 12.2 Å². The van der Waals surface area contributed by atoms with E-state index >= 15 is 0 Å². The minimum Gasteiger partial charge on any atom is -0.381 e. The summed E-state index contributed by atoms with van der Waals surface area (Å²) in [6, 6.07) is 13.1. The number of benzene rings is 2. The standard InChI is InChI=1S/C15H14FN3O/c16-10-5-7-11(8-6-10)18-15(20)14-9-17-12-3-1-2-4-13(12)19-14/h1-8,14,17,19H,9H2,(H,18,20). The Hall–Kier alpha value is -2.56. The number of carbonyl (C=O) groups excluding carboxylic acids is 1. The molecule has 5 heteroatoms. The minimum atomic E-state index is -0.366. The van der Waals surface area contributed by atoms with Gasteiger partial charge in [0.15, 0.2) is 0 Å². The fraction of sp³-hybridized carbons (Fsp3) is 0.133. The van der Waals surface area contributed by atoms with Crippen LogP contribution < -0.4 is 16.0 Å². The lowest BCUT2D eigenvalue weighted by molar-refractivity contribution is -0.116. The van der Waals surface area contributed by atoms with Crippen LogP contribution in [0, 0.1) is 5.82 Å². The fourth-order valence-corrected chi connectivity index (χ4v) is 2.13. The summed E-state index contributed by atoms with van der Waals surface area (Å²) in [4.78, 5) is 12.2. The number of halogens is 1. The molecule has 20 heavy (non-hydrogen) atoms. The van der Waals surface area contributed by atoms with Crippen LogP contribution in [0.3, 0.4) is 0 Å². The van der Waals surface area contributed by atoms with E-state index in [2.05, 4.69) is 16.0 Å². The lowest BCUT2D eigenvalue weighted by Gasteiger charge is -2.27. The number of fused-ring (bicyclic) bond motifs is 1. The molecule has 0 saturated heterocycles. The van der Waals surface area contributed by atoms with Gasteiger partial charge in [0.2, 0.25) is 5.91 Å². The van der Waals surface area contributed by atoms with Crippen molar-refractivity contribution in [1.82, 2.24) is 0 Å². The summed E-state index contributed by atoms with van der Waals surface area (Å²) in [7, 11) is 0. The molecule has 1 aliphatic rings. The molecule has 1 amide bonds. The van der Waals surface area contributed by atoms with Gasteiger partial charge in [-0.2, -0.15) is 0 Å². The van der Waals surface area contributed by atoms with Crippen molar-refractivity contribution in [1.29, 1.82) is 0 Å². The Morgan fingerprint density at radius 2 is 1.80 bits per heavy atom. The summed E-state index contributed by atoms with van der Waals surface area (Å²) < 4.78 is 12.8. The van der Waals surface area contributed by atoms with Crippen molar-refractivity contribution in [2.45, 2.75) is 6.04 Å². The van der Waals surface area contributed by atoms with Crippen LogP contribution >= 0.6 is 0 Å². The average molecular weight is 271 g/mol. The first-order valence-electron chi connectivity index (χ1n) is 6.38. The Morgan fingerprint density at radius 1 is 1.10 bits per heavy atom. The maximum Gasteiger partial charge on any atom is 0.248 e. The third kappa shape index (κ3) is 2.56. The highest BCUT2D eigenvalue weighted by molar-refractivity contribution is 5.98. The number of carbonyl (C=O) groups is 1. The molecule has 2 aromatic rings. The smallest absolute Gasteiger partial charge is 0.248 e. The largest absolute Gasteiger partial charge is 0.381 e. The number of hydrogen-bond acceptors (Lipinski definition) is 3. The zero-order chi connectivity index (χ0) is 13.9. The highest BCUT2D eigenvalue weighted by Gasteiger charge is 2.23. The van der Waals surface area contributed by atoms with Crippen LogP contribution in [0.1, 0.15) is 0 Å². The Labute approximate surface area is 116 Å². The van der Waals surface area contributed by atoms with E-state index in [1.807, 2.05) is 24.3 Å². The monoisotopic (exact) mass is 271 g/mol. The van der Waals surface area contributed by atoms with Crippen LogP contribution in [0.5, 0.6) is 0 Å². The van der Waals surface area contributed by atoms with Crippen molar-refractivity contribution in [3.63, 3.8) is 0 Å². The third-order valence-electron chi connectivity index (χ3n) is 3.18. The normalized spacial score (nSPS) is 16.6. The Balaban J connectivity index is 1.68. The van der Waals surface area contributed by atoms with E-state index in [-0.39, 0.29) is 17.8 Å². The van der Waals surface area contributed by atoms with E-state index in [1.54, 1.807) is 0 Å². The summed E-state index contributed by atoms with van der Waals surface area (Å²) >= 11 is 0. The van der Waals surface area contributed by atoms with Gasteiger partial charge in [-0.25, -0.2) is 4.39 Å². The van der Waals surface area contributed by atoms with Crippen molar-refractivity contribution >= 4 is 23.0 Å². The summed E-state index contributed by atoms with van der Waals surface area (Å²) in [5, 5.41) is 9.15. The molecule has 1 unspecified atom stereocenters. The number of para-hydroxylation sites is 2. The number of hydrogen-bond donors (Lipinski definition) is 3. The molecular weight excluding hydrogens is 257 g/mol. The molecule has 2 aromatic carbocycles. The number of rotatable bonds is 2. The van der Waals surface area contributed by atoms with Crippen LogP contribution in [0.15, 0.2) is 48.5 Å². The lowest BCUT2D eigenvalue weighted by atomic mass is 10.1. The molecule has 1 atom stereocenters. The molecule has 0 radical (unpaired) electrons. The molecule has 3 rings (SSSR count). The molecule has 0 aromatic heterocycles. The molecule has 3 N–H and O–H groups in total. The second-order valence-corrected chi connectivity index (χ2v) is 4.62. The van der Waals surface area contributed by atoms with Crippen molar-refractivity contribution in [2.75, 3.05) is 22.5 Å². The number of nitrogens with one attached hydrogen (secondary N) is 3. The van der Waals surface area contributed by atoms with Crippen LogP contribution in [0.25, 0.3) is 0 Å². The Bertz CT molecular complexity index is 627. The number of amides is 1. The van der Waals surface area contributed by atoms with Gasteiger partial charge in [-0.1, -0.05) is 12.1 Å². The highest BCUT2D eigenvalue weighted by atomic mass is 19.1. The first-order chi connectivity index (χ1) is 9.72. The van der Waals surface area contributed by atoms with E-state index in [9.17, 15) is 9.18 Å². The van der Waals surface area contributed by atoms with Crippen LogP contribution in [0.4, 0.5) is 21.5 Å². The van der Waals surface area contributed by atoms with Crippen LogP contribution in [0.2, 0.25) is 0 Å². The second kappa shape index (κ2) is 5.21. The first kappa shape index (κ1) is 12.5.